The van der Waals surface area contributed by atoms with Gasteiger partial charge in [-0.2, -0.15) is 0 Å². The van der Waals surface area contributed by atoms with Crippen LogP contribution in [0.3, 0.4) is 0 Å². The molecule has 0 fully saturated rings. The summed E-state index contributed by atoms with van der Waals surface area (Å²) in [6.07, 6.45) is 1.15. The molecule has 2 aromatic rings. The summed E-state index contributed by atoms with van der Waals surface area (Å²) in [4.78, 5) is 4.42. The van der Waals surface area contributed by atoms with Crippen LogP contribution in [0.25, 0.3) is 10.2 Å². The van der Waals surface area contributed by atoms with Gasteiger partial charge in [-0.1, -0.05) is 17.4 Å². The number of hydrogen-bond donors (Lipinski definition) is 2. The molecule has 98 valence electrons. The number of thiazole rings is 1. The monoisotopic (exact) mass is 285 g/mol. The van der Waals surface area contributed by atoms with E-state index in [-0.39, 0.29) is 0 Å². The van der Waals surface area contributed by atoms with Gasteiger partial charge in [0.15, 0.2) is 5.13 Å². The largest absolute Gasteiger partial charge is 0.360 e. The van der Waals surface area contributed by atoms with E-state index in [9.17, 15) is 8.42 Å². The van der Waals surface area contributed by atoms with E-state index in [2.05, 4.69) is 21.1 Å². The average molecular weight is 285 g/mol. The highest BCUT2D eigenvalue weighted by atomic mass is 32.2. The molecule has 0 aliphatic rings. The number of anilines is 1. The summed E-state index contributed by atoms with van der Waals surface area (Å²) in [7, 11) is -3.12. The van der Waals surface area contributed by atoms with Crippen LogP contribution in [-0.2, 0) is 10.0 Å². The fourth-order valence-corrected chi connectivity index (χ4v) is 2.98. The first-order chi connectivity index (χ1) is 8.44. The van der Waals surface area contributed by atoms with Gasteiger partial charge in [-0.25, -0.2) is 18.1 Å². The summed E-state index contributed by atoms with van der Waals surface area (Å²) in [5, 5.41) is 3.92. The Morgan fingerprint density at radius 1 is 1.33 bits per heavy atom. The Kier molecular flexibility index (Phi) is 3.84. The minimum atomic E-state index is -3.12. The molecule has 0 bridgehead atoms. The lowest BCUT2D eigenvalue weighted by atomic mass is 10.2. The van der Waals surface area contributed by atoms with Crippen LogP contribution in [0, 0.1) is 6.92 Å². The van der Waals surface area contributed by atoms with Crippen molar-refractivity contribution < 1.29 is 8.42 Å². The van der Waals surface area contributed by atoms with Gasteiger partial charge in [0, 0.05) is 13.1 Å². The second-order valence-corrected chi connectivity index (χ2v) is 6.95. The van der Waals surface area contributed by atoms with Crippen LogP contribution in [0.15, 0.2) is 18.2 Å². The third-order valence-corrected chi connectivity index (χ3v) is 4.01. The van der Waals surface area contributed by atoms with Gasteiger partial charge in [0.2, 0.25) is 10.0 Å². The van der Waals surface area contributed by atoms with Crippen molar-refractivity contribution in [1.82, 2.24) is 9.71 Å². The second kappa shape index (κ2) is 5.21. The Bertz CT molecular complexity index is 649. The number of aromatic nitrogens is 1. The number of sulfonamides is 1. The number of nitrogens with one attached hydrogen (secondary N) is 2. The number of hydrogen-bond acceptors (Lipinski definition) is 5. The highest BCUT2D eigenvalue weighted by Crippen LogP contribution is 2.26. The molecule has 1 aromatic heterocycles. The zero-order valence-corrected chi connectivity index (χ0v) is 11.9. The van der Waals surface area contributed by atoms with Gasteiger partial charge >= 0.3 is 0 Å². The van der Waals surface area contributed by atoms with Crippen LogP contribution in [0.1, 0.15) is 5.56 Å². The van der Waals surface area contributed by atoms with Crippen LogP contribution in [-0.4, -0.2) is 32.7 Å². The van der Waals surface area contributed by atoms with Gasteiger partial charge in [-0.05, 0) is 24.6 Å². The van der Waals surface area contributed by atoms with Crippen molar-refractivity contribution in [2.45, 2.75) is 6.92 Å². The normalized spacial score (nSPS) is 11.9. The standard InChI is InChI=1S/C11H15N3O2S2/c1-8-3-4-9-10(7-8)17-11(14-9)12-5-6-13-18(2,15)16/h3-4,7,13H,5-6H2,1-2H3,(H,12,14). The molecule has 0 atom stereocenters. The molecule has 0 saturated carbocycles. The molecule has 0 spiro atoms. The Hall–Kier alpha value is -1.18. The molecule has 18 heavy (non-hydrogen) atoms. The van der Waals surface area contributed by atoms with Gasteiger partial charge in [-0.3, -0.25) is 0 Å². The van der Waals surface area contributed by atoms with Crippen LogP contribution in [0.2, 0.25) is 0 Å². The summed E-state index contributed by atoms with van der Waals surface area (Å²) in [6, 6.07) is 6.10. The quantitative estimate of drug-likeness (QED) is 0.818. The SMILES string of the molecule is Cc1ccc2nc(NCCNS(C)(=O)=O)sc2c1. The van der Waals surface area contributed by atoms with Gasteiger partial charge in [0.25, 0.3) is 0 Å². The number of rotatable bonds is 5. The number of fused-ring (bicyclic) bond motifs is 1. The summed E-state index contributed by atoms with van der Waals surface area (Å²) >= 11 is 1.57. The zero-order valence-electron chi connectivity index (χ0n) is 10.2. The molecule has 1 heterocycles. The maximum absolute atomic E-state index is 10.9. The molecule has 5 nitrogen and oxygen atoms in total. The Balaban J connectivity index is 1.96. The molecule has 2 rings (SSSR count). The predicted octanol–water partition coefficient (Wildman–Crippen LogP) is 1.57. The predicted molar refractivity (Wildman–Crippen MR) is 75.7 cm³/mol. The lowest BCUT2D eigenvalue weighted by Gasteiger charge is -2.02. The molecule has 0 aliphatic carbocycles. The van der Waals surface area contributed by atoms with Crippen molar-refractivity contribution in [2.75, 3.05) is 24.7 Å². The summed E-state index contributed by atoms with van der Waals surface area (Å²) in [5.41, 5.74) is 2.17. The molecule has 0 unspecified atom stereocenters. The van der Waals surface area contributed by atoms with E-state index in [1.807, 2.05) is 19.1 Å². The molecule has 7 heteroatoms. The van der Waals surface area contributed by atoms with Crippen molar-refractivity contribution >= 4 is 36.7 Å². The average Bonchev–Trinajstić information content (AvgIpc) is 2.65. The van der Waals surface area contributed by atoms with Crippen LogP contribution in [0.5, 0.6) is 0 Å². The van der Waals surface area contributed by atoms with E-state index in [4.69, 9.17) is 0 Å². The van der Waals surface area contributed by atoms with Crippen LogP contribution in [0.4, 0.5) is 5.13 Å². The van der Waals surface area contributed by atoms with Crippen LogP contribution < -0.4 is 10.0 Å². The first kappa shape index (κ1) is 13.3. The number of benzene rings is 1. The maximum Gasteiger partial charge on any atom is 0.208 e. The second-order valence-electron chi connectivity index (χ2n) is 4.08. The first-order valence-corrected chi connectivity index (χ1v) is 8.20. The van der Waals surface area contributed by atoms with E-state index in [0.29, 0.717) is 13.1 Å². The Morgan fingerprint density at radius 2 is 2.11 bits per heavy atom. The van der Waals surface area contributed by atoms with E-state index in [1.165, 1.54) is 5.56 Å². The minimum Gasteiger partial charge on any atom is -0.360 e. The van der Waals surface area contributed by atoms with E-state index >= 15 is 0 Å². The summed E-state index contributed by atoms with van der Waals surface area (Å²) in [6.45, 7) is 2.92. The van der Waals surface area contributed by atoms with E-state index < -0.39 is 10.0 Å². The van der Waals surface area contributed by atoms with Crippen molar-refractivity contribution in [3.05, 3.63) is 23.8 Å². The molecule has 0 saturated heterocycles. The number of nitrogens with zero attached hydrogens (tertiary/aromatic N) is 1. The van der Waals surface area contributed by atoms with Gasteiger partial charge in [0.05, 0.1) is 16.5 Å². The van der Waals surface area contributed by atoms with Crippen LogP contribution >= 0.6 is 11.3 Å². The first-order valence-electron chi connectivity index (χ1n) is 5.50. The minimum absolute atomic E-state index is 0.355. The Morgan fingerprint density at radius 3 is 2.83 bits per heavy atom. The van der Waals surface area contributed by atoms with Crippen molar-refractivity contribution in [3.63, 3.8) is 0 Å². The van der Waals surface area contributed by atoms with E-state index in [1.54, 1.807) is 11.3 Å². The smallest absolute Gasteiger partial charge is 0.208 e. The molecule has 2 N–H and O–H groups in total. The number of aryl methyl sites for hydroxylation is 1. The highest BCUT2D eigenvalue weighted by Gasteiger charge is 2.04. The molecule has 0 radical (unpaired) electrons. The summed E-state index contributed by atoms with van der Waals surface area (Å²) in [5.74, 6) is 0. The van der Waals surface area contributed by atoms with Gasteiger partial charge in [0.1, 0.15) is 0 Å². The van der Waals surface area contributed by atoms with Gasteiger partial charge in [-0.15, -0.1) is 0 Å². The van der Waals surface area contributed by atoms with Crippen molar-refractivity contribution in [2.24, 2.45) is 0 Å². The van der Waals surface area contributed by atoms with Gasteiger partial charge < -0.3 is 5.32 Å². The maximum atomic E-state index is 10.9. The highest BCUT2D eigenvalue weighted by molar-refractivity contribution is 7.88. The van der Waals surface area contributed by atoms with Crippen molar-refractivity contribution in [3.8, 4) is 0 Å². The fraction of sp³-hybridized carbons (Fsp3) is 0.364. The van der Waals surface area contributed by atoms with E-state index in [0.717, 1.165) is 21.6 Å². The third kappa shape index (κ3) is 3.66. The summed E-state index contributed by atoms with van der Waals surface area (Å²) < 4.78 is 25.3. The molecular weight excluding hydrogens is 270 g/mol. The lowest BCUT2D eigenvalue weighted by Crippen LogP contribution is -2.27. The topological polar surface area (TPSA) is 71.1 Å². The lowest BCUT2D eigenvalue weighted by molar-refractivity contribution is 0.589. The molecule has 0 amide bonds. The molecule has 1 aromatic carbocycles. The Labute approximate surface area is 110 Å². The molecule has 0 aliphatic heterocycles. The molecular formula is C11H15N3O2S2. The fourth-order valence-electron chi connectivity index (χ4n) is 1.51. The van der Waals surface area contributed by atoms with Crippen molar-refractivity contribution in [1.29, 1.82) is 0 Å². The zero-order chi connectivity index (χ0) is 13.2. The third-order valence-electron chi connectivity index (χ3n) is 2.31.